The van der Waals surface area contributed by atoms with Crippen molar-refractivity contribution in [3.8, 4) is 0 Å². The number of amides is 1. The molecule has 1 amide bonds. The lowest BCUT2D eigenvalue weighted by molar-refractivity contribution is 0.0952. The van der Waals surface area contributed by atoms with Crippen LogP contribution >= 0.6 is 0 Å². The Morgan fingerprint density at radius 1 is 1.32 bits per heavy atom. The first-order valence-corrected chi connectivity index (χ1v) is 7.88. The summed E-state index contributed by atoms with van der Waals surface area (Å²) in [6.45, 7) is 3.51. The number of aliphatic hydroxyl groups excluding tert-OH is 1. The zero-order valence-corrected chi connectivity index (χ0v) is 14.3. The third-order valence-corrected chi connectivity index (χ3v) is 4.07. The smallest absolute Gasteiger partial charge is 0.252 e. The molecule has 2 heterocycles. The van der Waals surface area contributed by atoms with Crippen molar-refractivity contribution in [1.29, 1.82) is 0 Å². The maximum atomic E-state index is 13.4. The van der Waals surface area contributed by atoms with Crippen molar-refractivity contribution >= 4 is 16.9 Å². The molecule has 2 N–H and O–H groups in total. The molecule has 0 bridgehead atoms. The number of carbonyl (C=O) groups excluding carboxylic acids is 1. The standard InChI is InChI=1S/C18H19FN4O2/c1-10-6-14(16-11(2)22-23(3)17(16)21-10)18(25)20-8-12-4-5-15(19)13(7-12)9-24/h4-7,24H,8-9H2,1-3H3,(H,20,25). The number of nitrogens with one attached hydrogen (secondary N) is 1. The molecule has 7 heteroatoms. The molecule has 130 valence electrons. The van der Waals surface area contributed by atoms with Crippen molar-refractivity contribution in [2.24, 2.45) is 7.05 Å². The number of pyridine rings is 1. The predicted octanol–water partition coefficient (Wildman–Crippen LogP) is 2.15. The van der Waals surface area contributed by atoms with E-state index in [1.54, 1.807) is 29.9 Å². The second-order valence-corrected chi connectivity index (χ2v) is 5.99. The average Bonchev–Trinajstić information content (AvgIpc) is 2.87. The van der Waals surface area contributed by atoms with Crippen LogP contribution < -0.4 is 5.32 Å². The van der Waals surface area contributed by atoms with Gasteiger partial charge in [-0.05, 0) is 37.6 Å². The Labute approximate surface area is 144 Å². The van der Waals surface area contributed by atoms with E-state index < -0.39 is 5.82 Å². The second-order valence-electron chi connectivity index (χ2n) is 5.99. The molecular formula is C18H19FN4O2. The van der Waals surface area contributed by atoms with Crippen LogP contribution in [0.4, 0.5) is 4.39 Å². The van der Waals surface area contributed by atoms with Gasteiger partial charge in [0.05, 0.1) is 23.3 Å². The van der Waals surface area contributed by atoms with Crippen LogP contribution in [-0.2, 0) is 20.2 Å². The molecule has 2 aromatic heterocycles. The summed E-state index contributed by atoms with van der Waals surface area (Å²) in [5.74, 6) is -0.712. The van der Waals surface area contributed by atoms with E-state index in [2.05, 4.69) is 15.4 Å². The minimum atomic E-state index is -0.463. The van der Waals surface area contributed by atoms with Crippen molar-refractivity contribution in [2.45, 2.75) is 27.0 Å². The lowest BCUT2D eigenvalue weighted by Gasteiger charge is -2.09. The molecule has 0 aliphatic rings. The summed E-state index contributed by atoms with van der Waals surface area (Å²) in [4.78, 5) is 17.1. The number of benzene rings is 1. The van der Waals surface area contributed by atoms with Gasteiger partial charge in [0.25, 0.3) is 5.91 Å². The quantitative estimate of drug-likeness (QED) is 0.761. The fourth-order valence-corrected chi connectivity index (χ4v) is 2.89. The predicted molar refractivity (Wildman–Crippen MR) is 91.5 cm³/mol. The second kappa shape index (κ2) is 6.60. The van der Waals surface area contributed by atoms with Crippen LogP contribution in [0.1, 0.15) is 32.9 Å². The summed E-state index contributed by atoms with van der Waals surface area (Å²) in [6, 6.07) is 6.14. The number of aromatic nitrogens is 3. The summed E-state index contributed by atoms with van der Waals surface area (Å²) >= 11 is 0. The third kappa shape index (κ3) is 3.23. The maximum Gasteiger partial charge on any atom is 0.252 e. The van der Waals surface area contributed by atoms with Gasteiger partial charge in [-0.2, -0.15) is 5.10 Å². The lowest BCUT2D eigenvalue weighted by Crippen LogP contribution is -2.23. The Morgan fingerprint density at radius 3 is 2.80 bits per heavy atom. The summed E-state index contributed by atoms with van der Waals surface area (Å²) in [6.07, 6.45) is 0. The molecule has 3 rings (SSSR count). The minimum Gasteiger partial charge on any atom is -0.392 e. The molecule has 0 fully saturated rings. The van der Waals surface area contributed by atoms with Gasteiger partial charge in [-0.1, -0.05) is 6.07 Å². The van der Waals surface area contributed by atoms with Crippen molar-refractivity contribution in [1.82, 2.24) is 20.1 Å². The van der Waals surface area contributed by atoms with Crippen LogP contribution in [0.2, 0.25) is 0 Å². The van der Waals surface area contributed by atoms with Gasteiger partial charge in [-0.3, -0.25) is 9.48 Å². The third-order valence-electron chi connectivity index (χ3n) is 4.07. The average molecular weight is 342 g/mol. The molecule has 0 saturated carbocycles. The largest absolute Gasteiger partial charge is 0.392 e. The fraction of sp³-hybridized carbons (Fsp3) is 0.278. The van der Waals surface area contributed by atoms with E-state index in [9.17, 15) is 9.18 Å². The van der Waals surface area contributed by atoms with Gasteiger partial charge in [0.15, 0.2) is 5.65 Å². The van der Waals surface area contributed by atoms with Crippen molar-refractivity contribution < 1.29 is 14.3 Å². The maximum absolute atomic E-state index is 13.4. The molecule has 0 unspecified atom stereocenters. The normalized spacial score (nSPS) is 11.1. The highest BCUT2D eigenvalue weighted by Crippen LogP contribution is 2.21. The van der Waals surface area contributed by atoms with E-state index in [1.807, 2.05) is 13.8 Å². The zero-order chi connectivity index (χ0) is 18.1. The van der Waals surface area contributed by atoms with Gasteiger partial charge < -0.3 is 10.4 Å². The lowest BCUT2D eigenvalue weighted by atomic mass is 10.1. The minimum absolute atomic E-state index is 0.206. The number of aryl methyl sites for hydroxylation is 3. The first kappa shape index (κ1) is 17.0. The number of aliphatic hydroxyl groups is 1. The topological polar surface area (TPSA) is 80.0 Å². The SMILES string of the molecule is Cc1cc(C(=O)NCc2ccc(F)c(CO)c2)c2c(C)nn(C)c2n1. The number of fused-ring (bicyclic) bond motifs is 1. The summed E-state index contributed by atoms with van der Waals surface area (Å²) in [5.41, 5.74) is 3.55. The molecule has 0 atom stereocenters. The number of carbonyl (C=O) groups is 1. The highest BCUT2D eigenvalue weighted by atomic mass is 19.1. The van der Waals surface area contributed by atoms with Crippen LogP contribution in [0.15, 0.2) is 24.3 Å². The fourth-order valence-electron chi connectivity index (χ4n) is 2.89. The van der Waals surface area contributed by atoms with Crippen LogP contribution in [0.3, 0.4) is 0 Å². The first-order valence-electron chi connectivity index (χ1n) is 7.88. The van der Waals surface area contributed by atoms with E-state index in [0.717, 1.165) is 16.8 Å². The van der Waals surface area contributed by atoms with Gasteiger partial charge >= 0.3 is 0 Å². The number of rotatable bonds is 4. The Hall–Kier alpha value is -2.80. The summed E-state index contributed by atoms with van der Waals surface area (Å²) < 4.78 is 15.1. The van der Waals surface area contributed by atoms with Gasteiger partial charge in [0.1, 0.15) is 5.82 Å². The molecule has 1 aromatic carbocycles. The van der Waals surface area contributed by atoms with Crippen molar-refractivity contribution in [3.05, 3.63) is 58.2 Å². The molecule has 6 nitrogen and oxygen atoms in total. The number of nitrogens with zero attached hydrogens (tertiary/aromatic N) is 3. The number of hydrogen-bond acceptors (Lipinski definition) is 4. The van der Waals surface area contributed by atoms with Crippen LogP contribution in [0.25, 0.3) is 11.0 Å². The van der Waals surface area contributed by atoms with Crippen molar-refractivity contribution in [2.75, 3.05) is 0 Å². The van der Waals surface area contributed by atoms with Gasteiger partial charge in [0.2, 0.25) is 0 Å². The molecule has 0 aliphatic carbocycles. The van der Waals surface area contributed by atoms with Gasteiger partial charge in [-0.25, -0.2) is 9.37 Å². The molecule has 0 spiro atoms. The van der Waals surface area contributed by atoms with Gasteiger partial charge in [0, 0.05) is 24.8 Å². The Kier molecular flexibility index (Phi) is 4.50. The van der Waals surface area contributed by atoms with E-state index in [4.69, 9.17) is 5.11 Å². The monoisotopic (exact) mass is 342 g/mol. The molecule has 25 heavy (non-hydrogen) atoms. The van der Waals surface area contributed by atoms with E-state index in [0.29, 0.717) is 16.8 Å². The highest BCUT2D eigenvalue weighted by molar-refractivity contribution is 6.06. The van der Waals surface area contributed by atoms with E-state index in [1.165, 1.54) is 6.07 Å². The molecule has 0 saturated heterocycles. The number of hydrogen-bond donors (Lipinski definition) is 2. The molecular weight excluding hydrogens is 323 g/mol. The Balaban J connectivity index is 1.88. The van der Waals surface area contributed by atoms with Crippen LogP contribution in [-0.4, -0.2) is 25.8 Å². The first-order chi connectivity index (χ1) is 11.9. The van der Waals surface area contributed by atoms with Crippen LogP contribution in [0, 0.1) is 19.7 Å². The summed E-state index contributed by atoms with van der Waals surface area (Å²) in [5, 5.41) is 17.0. The zero-order valence-electron chi connectivity index (χ0n) is 14.3. The summed E-state index contributed by atoms with van der Waals surface area (Å²) in [7, 11) is 1.79. The molecule has 0 radical (unpaired) electrons. The van der Waals surface area contributed by atoms with Gasteiger partial charge in [-0.15, -0.1) is 0 Å². The van der Waals surface area contributed by atoms with Crippen molar-refractivity contribution in [3.63, 3.8) is 0 Å². The Morgan fingerprint density at radius 2 is 2.08 bits per heavy atom. The van der Waals surface area contributed by atoms with Crippen LogP contribution in [0.5, 0.6) is 0 Å². The molecule has 0 aliphatic heterocycles. The Bertz CT molecular complexity index is 965. The number of halogens is 1. The highest BCUT2D eigenvalue weighted by Gasteiger charge is 2.17. The van der Waals surface area contributed by atoms with E-state index >= 15 is 0 Å². The van der Waals surface area contributed by atoms with E-state index in [-0.39, 0.29) is 24.6 Å². The molecule has 3 aromatic rings.